The van der Waals surface area contributed by atoms with Crippen LogP contribution in [0.2, 0.25) is 0 Å². The number of carbonyl (C=O) groups is 1. The lowest BCUT2D eigenvalue weighted by Gasteiger charge is -2.24. The molecular weight excluding hydrogens is 292 g/mol. The highest BCUT2D eigenvalue weighted by Gasteiger charge is 2.30. The molecule has 1 aliphatic heterocycles. The second-order valence-corrected chi connectivity index (χ2v) is 6.48. The molecule has 2 aromatic rings. The van der Waals surface area contributed by atoms with Crippen LogP contribution in [0.5, 0.6) is 0 Å². The lowest BCUT2D eigenvalue weighted by atomic mass is 9.96. The molecule has 5 nitrogen and oxygen atoms in total. The molecule has 1 amide bonds. The number of rotatable bonds is 4. The summed E-state index contributed by atoms with van der Waals surface area (Å²) in [6.07, 6.45) is 4.89. The molecule has 1 unspecified atom stereocenters. The lowest BCUT2D eigenvalue weighted by Crippen LogP contribution is -2.36. The Bertz CT molecular complexity index is 682. The quantitative estimate of drug-likeness (QED) is 0.805. The van der Waals surface area contributed by atoms with E-state index in [4.69, 9.17) is 0 Å². The van der Waals surface area contributed by atoms with Crippen molar-refractivity contribution in [2.75, 3.05) is 19.7 Å². The zero-order chi connectivity index (χ0) is 16.3. The van der Waals surface area contributed by atoms with Gasteiger partial charge in [0.15, 0.2) is 0 Å². The van der Waals surface area contributed by atoms with Crippen LogP contribution >= 0.6 is 0 Å². The summed E-state index contributed by atoms with van der Waals surface area (Å²) >= 11 is 0. The number of fused-ring (bicyclic) bond motifs is 1. The third-order valence-corrected chi connectivity index (χ3v) is 4.85. The number of aliphatic hydroxyl groups is 2. The lowest BCUT2D eigenvalue weighted by molar-refractivity contribution is -0.131. The number of aromatic amines is 1. The van der Waals surface area contributed by atoms with Crippen molar-refractivity contribution < 1.29 is 15.0 Å². The number of aryl methyl sites for hydroxylation is 1. The van der Waals surface area contributed by atoms with Gasteiger partial charge in [-0.15, -0.1) is 0 Å². The van der Waals surface area contributed by atoms with Crippen molar-refractivity contribution in [3.8, 4) is 0 Å². The first-order valence-corrected chi connectivity index (χ1v) is 8.27. The molecule has 1 aromatic carbocycles. The number of aliphatic hydroxyl groups excluding tert-OH is 1. The molecule has 3 N–H and O–H groups in total. The Kier molecular flexibility index (Phi) is 4.68. The van der Waals surface area contributed by atoms with Gasteiger partial charge in [-0.05, 0) is 37.3 Å². The fraction of sp³-hybridized carbons (Fsp3) is 0.500. The van der Waals surface area contributed by atoms with Gasteiger partial charge < -0.3 is 20.1 Å². The van der Waals surface area contributed by atoms with E-state index in [1.807, 2.05) is 29.3 Å². The maximum absolute atomic E-state index is 12.5. The summed E-state index contributed by atoms with van der Waals surface area (Å²) in [4.78, 5) is 17.5. The average molecular weight is 316 g/mol. The van der Waals surface area contributed by atoms with Crippen molar-refractivity contribution in [1.29, 1.82) is 0 Å². The summed E-state index contributed by atoms with van der Waals surface area (Å²) in [6.45, 7) is 0.948. The summed E-state index contributed by atoms with van der Waals surface area (Å²) < 4.78 is 0. The summed E-state index contributed by atoms with van der Waals surface area (Å²) in [7, 11) is 0. The highest BCUT2D eigenvalue weighted by molar-refractivity contribution is 5.84. The molecular formula is C18H24N2O3. The highest BCUT2D eigenvalue weighted by atomic mass is 16.3. The van der Waals surface area contributed by atoms with E-state index in [0.717, 1.165) is 17.5 Å². The van der Waals surface area contributed by atoms with Crippen LogP contribution in [0.25, 0.3) is 10.9 Å². The molecule has 1 fully saturated rings. The predicted octanol–water partition coefficient (Wildman–Crippen LogP) is 1.84. The SMILES string of the molecule is O=C(CCc1c[nH]c2ccccc12)N1CCCC(O)(CO)CC1. The Hall–Kier alpha value is -1.85. The number of hydrogen-bond acceptors (Lipinski definition) is 3. The average Bonchev–Trinajstić information content (AvgIpc) is 2.88. The molecule has 1 saturated heterocycles. The number of benzene rings is 1. The fourth-order valence-corrected chi connectivity index (χ4v) is 3.32. The number of carbonyl (C=O) groups excluding carboxylic acids is 1. The van der Waals surface area contributed by atoms with E-state index >= 15 is 0 Å². The Labute approximate surface area is 135 Å². The van der Waals surface area contributed by atoms with Crippen molar-refractivity contribution in [2.24, 2.45) is 0 Å². The van der Waals surface area contributed by atoms with Crippen molar-refractivity contribution >= 4 is 16.8 Å². The molecule has 124 valence electrons. The third-order valence-electron chi connectivity index (χ3n) is 4.85. The van der Waals surface area contributed by atoms with E-state index in [9.17, 15) is 15.0 Å². The van der Waals surface area contributed by atoms with Crippen LogP contribution in [0.3, 0.4) is 0 Å². The van der Waals surface area contributed by atoms with Crippen LogP contribution in [-0.4, -0.2) is 51.3 Å². The van der Waals surface area contributed by atoms with Gasteiger partial charge in [-0.1, -0.05) is 18.2 Å². The number of para-hydroxylation sites is 1. The molecule has 0 spiro atoms. The van der Waals surface area contributed by atoms with Crippen LogP contribution in [0, 0.1) is 0 Å². The monoisotopic (exact) mass is 316 g/mol. The first kappa shape index (κ1) is 16.0. The molecule has 0 radical (unpaired) electrons. The molecule has 0 aliphatic carbocycles. The van der Waals surface area contributed by atoms with E-state index in [-0.39, 0.29) is 12.5 Å². The second kappa shape index (κ2) is 6.72. The standard InChI is InChI=1S/C18H24N2O3/c21-13-18(23)8-3-10-20(11-9-18)17(22)7-6-14-12-19-16-5-2-1-4-15(14)16/h1-2,4-5,12,19,21,23H,3,6-11,13H2. The van der Waals surface area contributed by atoms with Gasteiger partial charge in [-0.3, -0.25) is 4.79 Å². The minimum absolute atomic E-state index is 0.123. The number of likely N-dealkylation sites (tertiary alicyclic amines) is 1. The van der Waals surface area contributed by atoms with Crippen LogP contribution in [0.1, 0.15) is 31.2 Å². The van der Waals surface area contributed by atoms with Crippen LogP contribution in [0.15, 0.2) is 30.5 Å². The fourth-order valence-electron chi connectivity index (χ4n) is 3.32. The number of amides is 1. The smallest absolute Gasteiger partial charge is 0.222 e. The maximum atomic E-state index is 12.5. The van der Waals surface area contributed by atoms with Gasteiger partial charge in [0.2, 0.25) is 5.91 Å². The van der Waals surface area contributed by atoms with Gasteiger partial charge in [0.25, 0.3) is 0 Å². The van der Waals surface area contributed by atoms with E-state index in [0.29, 0.717) is 38.8 Å². The predicted molar refractivity (Wildman–Crippen MR) is 89.1 cm³/mol. The molecule has 1 aliphatic rings. The molecule has 0 bridgehead atoms. The summed E-state index contributed by atoms with van der Waals surface area (Å²) in [5.41, 5.74) is 1.24. The van der Waals surface area contributed by atoms with Gasteiger partial charge in [-0.25, -0.2) is 0 Å². The largest absolute Gasteiger partial charge is 0.393 e. The van der Waals surface area contributed by atoms with Gasteiger partial charge >= 0.3 is 0 Å². The topological polar surface area (TPSA) is 76.6 Å². The van der Waals surface area contributed by atoms with Gasteiger partial charge in [0.05, 0.1) is 12.2 Å². The number of H-pyrrole nitrogens is 1. The first-order valence-electron chi connectivity index (χ1n) is 8.27. The zero-order valence-corrected chi connectivity index (χ0v) is 13.3. The number of aromatic nitrogens is 1. The summed E-state index contributed by atoms with van der Waals surface area (Å²) in [5, 5.41) is 20.6. The molecule has 1 aromatic heterocycles. The van der Waals surface area contributed by atoms with Crippen molar-refractivity contribution in [2.45, 2.75) is 37.7 Å². The minimum atomic E-state index is -1.02. The zero-order valence-electron chi connectivity index (χ0n) is 13.3. The molecule has 0 saturated carbocycles. The van der Waals surface area contributed by atoms with Crippen LogP contribution in [0.4, 0.5) is 0 Å². The van der Waals surface area contributed by atoms with Crippen LogP contribution < -0.4 is 0 Å². The third kappa shape index (κ3) is 3.57. The maximum Gasteiger partial charge on any atom is 0.222 e. The Balaban J connectivity index is 1.59. The first-order chi connectivity index (χ1) is 11.1. The molecule has 23 heavy (non-hydrogen) atoms. The van der Waals surface area contributed by atoms with E-state index in [2.05, 4.69) is 11.1 Å². The Morgan fingerprint density at radius 1 is 1.26 bits per heavy atom. The van der Waals surface area contributed by atoms with Crippen molar-refractivity contribution in [1.82, 2.24) is 9.88 Å². The number of nitrogens with zero attached hydrogens (tertiary/aromatic N) is 1. The van der Waals surface area contributed by atoms with E-state index in [1.54, 1.807) is 0 Å². The summed E-state index contributed by atoms with van der Waals surface area (Å²) in [6, 6.07) is 8.10. The molecule has 5 heteroatoms. The normalized spacial score (nSPS) is 22.3. The second-order valence-electron chi connectivity index (χ2n) is 6.48. The number of hydrogen-bond donors (Lipinski definition) is 3. The van der Waals surface area contributed by atoms with Crippen molar-refractivity contribution in [3.05, 3.63) is 36.0 Å². The molecule has 3 rings (SSSR count). The van der Waals surface area contributed by atoms with Gasteiger partial charge in [0, 0.05) is 36.6 Å². The van der Waals surface area contributed by atoms with E-state index < -0.39 is 5.60 Å². The van der Waals surface area contributed by atoms with E-state index in [1.165, 1.54) is 5.39 Å². The molecule has 1 atom stereocenters. The molecule has 2 heterocycles. The minimum Gasteiger partial charge on any atom is -0.393 e. The Morgan fingerprint density at radius 3 is 2.91 bits per heavy atom. The number of nitrogens with one attached hydrogen (secondary N) is 1. The van der Waals surface area contributed by atoms with Gasteiger partial charge in [0.1, 0.15) is 0 Å². The van der Waals surface area contributed by atoms with Crippen molar-refractivity contribution in [3.63, 3.8) is 0 Å². The highest BCUT2D eigenvalue weighted by Crippen LogP contribution is 2.23. The van der Waals surface area contributed by atoms with Gasteiger partial charge in [-0.2, -0.15) is 0 Å². The van der Waals surface area contributed by atoms with Crippen LogP contribution in [-0.2, 0) is 11.2 Å². The summed E-state index contributed by atoms with van der Waals surface area (Å²) in [5.74, 6) is 0.123. The Morgan fingerprint density at radius 2 is 2.09 bits per heavy atom.